The third-order valence-corrected chi connectivity index (χ3v) is 5.81. The Labute approximate surface area is 158 Å². The van der Waals surface area contributed by atoms with Crippen LogP contribution >= 0.6 is 0 Å². The summed E-state index contributed by atoms with van der Waals surface area (Å²) in [6.45, 7) is 4.33. The lowest BCUT2D eigenvalue weighted by atomic mass is 10.2. The minimum Gasteiger partial charge on any atom is -0.368 e. The molecular formula is C19H26N4O4. The molecule has 1 aromatic heterocycles. The summed E-state index contributed by atoms with van der Waals surface area (Å²) < 4.78 is 6.79. The number of amides is 2. The third kappa shape index (κ3) is 3.50. The van der Waals surface area contributed by atoms with Crippen LogP contribution in [0.25, 0.3) is 0 Å². The molecule has 4 rings (SSSR count). The van der Waals surface area contributed by atoms with E-state index in [1.807, 2.05) is 0 Å². The number of nitrogens with zero attached hydrogens (tertiary/aromatic N) is 4. The van der Waals surface area contributed by atoms with E-state index in [4.69, 9.17) is 4.74 Å². The van der Waals surface area contributed by atoms with E-state index in [-0.39, 0.29) is 23.5 Å². The van der Waals surface area contributed by atoms with Gasteiger partial charge in [0.1, 0.15) is 12.1 Å². The van der Waals surface area contributed by atoms with Gasteiger partial charge in [-0.25, -0.2) is 4.68 Å². The lowest BCUT2D eigenvalue weighted by Crippen LogP contribution is -2.54. The maximum Gasteiger partial charge on any atom is 0.267 e. The fourth-order valence-corrected chi connectivity index (χ4v) is 4.18. The van der Waals surface area contributed by atoms with Gasteiger partial charge in [-0.05, 0) is 44.6 Å². The van der Waals surface area contributed by atoms with Gasteiger partial charge >= 0.3 is 0 Å². The predicted octanol–water partition coefficient (Wildman–Crippen LogP) is 0.143. The summed E-state index contributed by atoms with van der Waals surface area (Å²) in [5, 5.41) is 4.44. The van der Waals surface area contributed by atoms with E-state index in [9.17, 15) is 14.4 Å². The summed E-state index contributed by atoms with van der Waals surface area (Å²) >= 11 is 0. The average molecular weight is 374 g/mol. The fraction of sp³-hybridized carbons (Fsp3) is 0.684. The Morgan fingerprint density at radius 1 is 1.15 bits per heavy atom. The second-order valence-electron chi connectivity index (χ2n) is 7.58. The van der Waals surface area contributed by atoms with Gasteiger partial charge in [0.2, 0.25) is 5.91 Å². The minimum atomic E-state index is -0.635. The monoisotopic (exact) mass is 374 g/mol. The third-order valence-electron chi connectivity index (χ3n) is 5.81. The molecule has 0 aromatic carbocycles. The summed E-state index contributed by atoms with van der Waals surface area (Å²) in [6.07, 6.45) is 4.15. The molecule has 0 saturated carbocycles. The zero-order chi connectivity index (χ0) is 19.0. The molecule has 2 fully saturated rings. The molecule has 8 nitrogen and oxygen atoms in total. The summed E-state index contributed by atoms with van der Waals surface area (Å²) in [5.74, 6) is -0.0871. The van der Waals surface area contributed by atoms with Crippen molar-refractivity contribution in [3.8, 4) is 0 Å². The maximum absolute atomic E-state index is 12.9. The Hall–Kier alpha value is -2.22. The molecule has 27 heavy (non-hydrogen) atoms. The molecule has 0 spiro atoms. The highest BCUT2D eigenvalue weighted by Crippen LogP contribution is 2.19. The topological polar surface area (TPSA) is 84.7 Å². The number of aryl methyl sites for hydroxylation is 2. The van der Waals surface area contributed by atoms with Crippen molar-refractivity contribution in [2.45, 2.75) is 51.2 Å². The maximum atomic E-state index is 12.9. The molecular weight excluding hydrogens is 348 g/mol. The average Bonchev–Trinajstić information content (AvgIpc) is 3.37. The van der Waals surface area contributed by atoms with Gasteiger partial charge in [-0.3, -0.25) is 14.4 Å². The van der Waals surface area contributed by atoms with E-state index in [0.29, 0.717) is 32.8 Å². The molecule has 1 aliphatic carbocycles. The molecule has 2 aliphatic heterocycles. The normalized spacial score (nSPS) is 23.4. The number of carbonyl (C=O) groups is 2. The van der Waals surface area contributed by atoms with Gasteiger partial charge in [-0.1, -0.05) is 0 Å². The molecule has 0 radical (unpaired) electrons. The van der Waals surface area contributed by atoms with Crippen molar-refractivity contribution in [1.29, 1.82) is 0 Å². The number of rotatable bonds is 3. The lowest BCUT2D eigenvalue weighted by Gasteiger charge is -2.36. The molecule has 0 bridgehead atoms. The molecule has 146 valence electrons. The predicted molar refractivity (Wildman–Crippen MR) is 97.4 cm³/mol. The first-order chi connectivity index (χ1) is 13.0. The van der Waals surface area contributed by atoms with Crippen molar-refractivity contribution in [3.05, 3.63) is 27.7 Å². The van der Waals surface area contributed by atoms with Crippen molar-refractivity contribution in [3.63, 3.8) is 0 Å². The van der Waals surface area contributed by atoms with Gasteiger partial charge in [0.15, 0.2) is 0 Å². The van der Waals surface area contributed by atoms with E-state index < -0.39 is 6.04 Å². The molecule has 0 unspecified atom stereocenters. The van der Waals surface area contributed by atoms with Crippen molar-refractivity contribution in [2.24, 2.45) is 0 Å². The van der Waals surface area contributed by atoms with Gasteiger partial charge in [0.05, 0.1) is 5.69 Å². The van der Waals surface area contributed by atoms with Gasteiger partial charge in [0, 0.05) is 38.9 Å². The Morgan fingerprint density at radius 3 is 2.59 bits per heavy atom. The molecule has 0 N–H and O–H groups in total. The molecule has 1 aromatic rings. The summed E-state index contributed by atoms with van der Waals surface area (Å²) in [4.78, 5) is 41.2. The van der Waals surface area contributed by atoms with Crippen LogP contribution in [0.4, 0.5) is 0 Å². The fourth-order valence-electron chi connectivity index (χ4n) is 4.18. The van der Waals surface area contributed by atoms with E-state index in [1.54, 1.807) is 22.8 Å². The van der Waals surface area contributed by atoms with Crippen LogP contribution in [-0.2, 0) is 27.2 Å². The molecule has 2 atom stereocenters. The smallest absolute Gasteiger partial charge is 0.267 e. The van der Waals surface area contributed by atoms with Crippen LogP contribution in [0.15, 0.2) is 10.9 Å². The number of ether oxygens (including phenoxy) is 1. The van der Waals surface area contributed by atoms with Crippen molar-refractivity contribution >= 4 is 11.8 Å². The Morgan fingerprint density at radius 2 is 1.89 bits per heavy atom. The highest BCUT2D eigenvalue weighted by Gasteiger charge is 2.33. The SMILES string of the molecule is C[C@@H](C(=O)N1CCN(C(=O)[C@H]2CCCO2)CC1)n1nc2c(cc1=O)CCC2. The molecule has 2 amide bonds. The van der Waals surface area contributed by atoms with Crippen LogP contribution in [0.3, 0.4) is 0 Å². The minimum absolute atomic E-state index is 0.0316. The second-order valence-corrected chi connectivity index (χ2v) is 7.58. The number of hydrogen-bond donors (Lipinski definition) is 0. The number of fused-ring (bicyclic) bond motifs is 1. The van der Waals surface area contributed by atoms with Crippen molar-refractivity contribution < 1.29 is 14.3 Å². The molecule has 3 aliphatic rings. The molecule has 2 saturated heterocycles. The Bertz CT molecular complexity index is 791. The molecule has 8 heteroatoms. The first kappa shape index (κ1) is 18.2. The van der Waals surface area contributed by atoms with Crippen molar-refractivity contribution in [1.82, 2.24) is 19.6 Å². The van der Waals surface area contributed by atoms with Crippen LogP contribution in [0.5, 0.6) is 0 Å². The van der Waals surface area contributed by atoms with Crippen LogP contribution < -0.4 is 5.56 Å². The first-order valence-corrected chi connectivity index (χ1v) is 9.85. The largest absolute Gasteiger partial charge is 0.368 e. The van der Waals surface area contributed by atoms with E-state index in [0.717, 1.165) is 43.4 Å². The highest BCUT2D eigenvalue weighted by molar-refractivity contribution is 5.82. The summed E-state index contributed by atoms with van der Waals surface area (Å²) in [5.41, 5.74) is 1.72. The zero-order valence-corrected chi connectivity index (χ0v) is 15.7. The zero-order valence-electron chi connectivity index (χ0n) is 15.7. The number of carbonyl (C=O) groups excluding carboxylic acids is 2. The number of aromatic nitrogens is 2. The number of piperazine rings is 1. The standard InChI is InChI=1S/C19H26N4O4/c1-13(23-17(24)12-14-4-2-5-15(14)20-23)18(25)21-7-9-22(10-8-21)19(26)16-6-3-11-27-16/h12-13,16H,2-11H2,1H3/t13-,16+/m0/s1. The quantitative estimate of drug-likeness (QED) is 0.752. The van der Waals surface area contributed by atoms with Gasteiger partial charge < -0.3 is 14.5 Å². The van der Waals surface area contributed by atoms with Gasteiger partial charge in [0.25, 0.3) is 11.5 Å². The summed E-state index contributed by atoms with van der Waals surface area (Å²) in [6, 6.07) is 0.987. The van der Waals surface area contributed by atoms with Crippen molar-refractivity contribution in [2.75, 3.05) is 32.8 Å². The van der Waals surface area contributed by atoms with Gasteiger partial charge in [-0.2, -0.15) is 5.10 Å². The van der Waals surface area contributed by atoms with Crippen LogP contribution in [0.2, 0.25) is 0 Å². The van der Waals surface area contributed by atoms with Crippen LogP contribution in [-0.4, -0.2) is 70.3 Å². The van der Waals surface area contributed by atoms with E-state index in [2.05, 4.69) is 5.10 Å². The first-order valence-electron chi connectivity index (χ1n) is 9.85. The Balaban J connectivity index is 1.39. The van der Waals surface area contributed by atoms with Crippen LogP contribution in [0, 0.1) is 0 Å². The second kappa shape index (κ2) is 7.42. The van der Waals surface area contributed by atoms with E-state index >= 15 is 0 Å². The Kier molecular flexibility index (Phi) is 4.99. The summed E-state index contributed by atoms with van der Waals surface area (Å²) in [7, 11) is 0. The highest BCUT2D eigenvalue weighted by atomic mass is 16.5. The van der Waals surface area contributed by atoms with E-state index in [1.165, 1.54) is 4.68 Å². The molecule has 3 heterocycles. The lowest BCUT2D eigenvalue weighted by molar-refractivity contribution is -0.147. The number of hydrogen-bond acceptors (Lipinski definition) is 5. The van der Waals surface area contributed by atoms with Crippen LogP contribution in [0.1, 0.15) is 43.5 Å². The van der Waals surface area contributed by atoms with Gasteiger partial charge in [-0.15, -0.1) is 0 Å².